The number of likely N-dealkylation sites (N-methyl/N-ethyl adjacent to an activating group) is 1. The lowest BCUT2D eigenvalue weighted by atomic mass is 10.1. The molecule has 2 aliphatic heterocycles. The van der Waals surface area contributed by atoms with Crippen molar-refractivity contribution in [2.45, 2.75) is 31.7 Å². The molecule has 0 bridgehead atoms. The van der Waals surface area contributed by atoms with Crippen LogP contribution in [0.15, 0.2) is 58.9 Å². The van der Waals surface area contributed by atoms with Gasteiger partial charge in [0.2, 0.25) is 5.96 Å². The first-order valence-electron chi connectivity index (χ1n) is 11.0. The van der Waals surface area contributed by atoms with Gasteiger partial charge >= 0.3 is 6.03 Å². The number of nitrogens with one attached hydrogen (secondary N) is 2. The van der Waals surface area contributed by atoms with Crippen LogP contribution in [0.1, 0.15) is 18.1 Å². The van der Waals surface area contributed by atoms with E-state index in [-0.39, 0.29) is 19.1 Å². The van der Waals surface area contributed by atoms with Crippen LogP contribution in [0.3, 0.4) is 0 Å². The molecule has 3 amide bonds. The largest absolute Gasteiger partial charge is 0.491 e. The summed E-state index contributed by atoms with van der Waals surface area (Å²) in [5, 5.41) is 17.2. The molecular weight excluding hydrogens is 438 g/mol. The zero-order chi connectivity index (χ0) is 24.1. The second-order valence-electron chi connectivity index (χ2n) is 7.99. The monoisotopic (exact) mass is 465 g/mol. The van der Waals surface area contributed by atoms with Crippen molar-refractivity contribution in [3.8, 4) is 5.75 Å². The van der Waals surface area contributed by atoms with Gasteiger partial charge in [0.05, 0.1) is 12.8 Å². The predicted octanol–water partition coefficient (Wildman–Crippen LogP) is 0.555. The molecule has 3 unspecified atom stereocenters. The third-order valence-electron chi connectivity index (χ3n) is 5.60. The first-order chi connectivity index (χ1) is 16.5. The molecule has 4 rings (SSSR count). The number of rotatable bonds is 8. The zero-order valence-electron chi connectivity index (χ0n) is 19.0. The summed E-state index contributed by atoms with van der Waals surface area (Å²) in [7, 11) is 1.56. The fourth-order valence-corrected chi connectivity index (χ4v) is 3.76. The van der Waals surface area contributed by atoms with Crippen LogP contribution in [-0.2, 0) is 11.2 Å². The SMILES string of the molecule is CCc1cccc(OCC(O)CN2C(N/N=C/c3ccncc3)=NC3C2C(=O)NC(=O)N3C)c1. The maximum atomic E-state index is 12.7. The number of nitrogens with zero attached hydrogens (tertiary/aromatic N) is 5. The number of ether oxygens (including phenoxy) is 1. The Morgan fingerprint density at radius 2 is 2.09 bits per heavy atom. The van der Waals surface area contributed by atoms with Gasteiger partial charge in [-0.2, -0.15) is 5.10 Å². The summed E-state index contributed by atoms with van der Waals surface area (Å²) in [5.74, 6) is 0.437. The molecule has 3 heterocycles. The Morgan fingerprint density at radius 3 is 2.85 bits per heavy atom. The number of hydrazone groups is 1. The molecule has 11 nitrogen and oxygen atoms in total. The van der Waals surface area contributed by atoms with Gasteiger partial charge in [-0.05, 0) is 41.8 Å². The van der Waals surface area contributed by atoms with E-state index >= 15 is 0 Å². The Morgan fingerprint density at radius 1 is 1.29 bits per heavy atom. The molecule has 2 aromatic rings. The molecule has 2 aliphatic rings. The number of hydrogen-bond donors (Lipinski definition) is 3. The minimum absolute atomic E-state index is 0.0189. The number of pyridine rings is 1. The standard InChI is InChI=1S/C23H27N7O4/c1-3-15-5-4-6-18(11-15)34-14-17(31)13-30-19-20(29(2)23(33)27-21(19)32)26-22(30)28-25-12-16-7-9-24-10-8-16/h4-12,17,19-20,31H,3,13-14H2,1-2H3,(H,26,28)(H,27,32,33)/b25-12+. The van der Waals surface area contributed by atoms with E-state index in [1.807, 2.05) is 24.3 Å². The van der Waals surface area contributed by atoms with Crippen molar-refractivity contribution in [2.75, 3.05) is 20.2 Å². The van der Waals surface area contributed by atoms with E-state index in [0.29, 0.717) is 5.75 Å². The Hall–Kier alpha value is -3.99. The number of aromatic nitrogens is 1. The van der Waals surface area contributed by atoms with Gasteiger partial charge in [0.15, 0.2) is 12.2 Å². The van der Waals surface area contributed by atoms with Crippen molar-refractivity contribution < 1.29 is 19.4 Å². The van der Waals surface area contributed by atoms with Crippen LogP contribution in [0.25, 0.3) is 0 Å². The highest BCUT2D eigenvalue weighted by Gasteiger charge is 2.49. The molecule has 11 heteroatoms. The number of aliphatic hydroxyl groups excluding tert-OH is 1. The lowest BCUT2D eigenvalue weighted by Gasteiger charge is -2.36. The van der Waals surface area contributed by atoms with E-state index in [1.165, 1.54) is 4.90 Å². The number of β-amino-alcohol motifs (C(OH)–C–C–N with tert-alkyl or cyclic N) is 1. The minimum Gasteiger partial charge on any atom is -0.491 e. The number of carbonyl (C=O) groups is 2. The number of carbonyl (C=O) groups excluding carboxylic acids is 2. The predicted molar refractivity (Wildman–Crippen MR) is 125 cm³/mol. The van der Waals surface area contributed by atoms with E-state index in [2.05, 4.69) is 32.7 Å². The molecule has 0 radical (unpaired) electrons. The fraction of sp³-hybridized carbons (Fsp3) is 0.348. The summed E-state index contributed by atoms with van der Waals surface area (Å²) in [6, 6.07) is 9.90. The molecule has 0 aliphatic carbocycles. The number of imide groups is 1. The van der Waals surface area contributed by atoms with Crippen molar-refractivity contribution in [2.24, 2.45) is 10.1 Å². The fourth-order valence-electron chi connectivity index (χ4n) is 3.76. The summed E-state index contributed by atoms with van der Waals surface area (Å²) < 4.78 is 5.76. The zero-order valence-corrected chi connectivity index (χ0v) is 19.0. The van der Waals surface area contributed by atoms with Gasteiger partial charge in [-0.3, -0.25) is 15.1 Å². The average molecular weight is 466 g/mol. The Balaban J connectivity index is 1.47. The van der Waals surface area contributed by atoms with E-state index in [1.54, 1.807) is 42.7 Å². The van der Waals surface area contributed by atoms with Crippen molar-refractivity contribution in [3.05, 3.63) is 59.9 Å². The first kappa shape index (κ1) is 23.2. The third-order valence-corrected chi connectivity index (χ3v) is 5.60. The Labute approximate surface area is 197 Å². The second kappa shape index (κ2) is 10.3. The summed E-state index contributed by atoms with van der Waals surface area (Å²) in [6.07, 6.45) is 4.08. The number of aliphatic imine (C=N–C) groups is 1. The van der Waals surface area contributed by atoms with E-state index in [9.17, 15) is 14.7 Å². The van der Waals surface area contributed by atoms with Crippen LogP contribution in [0, 0.1) is 0 Å². The molecule has 178 valence electrons. The van der Waals surface area contributed by atoms with Gasteiger partial charge in [-0.1, -0.05) is 19.1 Å². The molecular formula is C23H27N7O4. The number of aryl methyl sites for hydroxylation is 1. The molecule has 1 aromatic carbocycles. The van der Waals surface area contributed by atoms with Crippen LogP contribution in [0.2, 0.25) is 0 Å². The Bertz CT molecular complexity index is 1090. The topological polar surface area (TPSA) is 132 Å². The Kier molecular flexibility index (Phi) is 7.02. The van der Waals surface area contributed by atoms with Crippen LogP contribution in [-0.4, -0.2) is 82.5 Å². The van der Waals surface area contributed by atoms with Crippen molar-refractivity contribution >= 4 is 24.1 Å². The van der Waals surface area contributed by atoms with Gasteiger partial charge in [0.1, 0.15) is 18.5 Å². The van der Waals surface area contributed by atoms with Crippen LogP contribution < -0.4 is 15.5 Å². The van der Waals surface area contributed by atoms with Crippen LogP contribution in [0.4, 0.5) is 4.79 Å². The summed E-state index contributed by atoms with van der Waals surface area (Å²) in [4.78, 5) is 36.1. The maximum Gasteiger partial charge on any atom is 0.325 e. The summed E-state index contributed by atoms with van der Waals surface area (Å²) in [5.41, 5.74) is 4.79. The van der Waals surface area contributed by atoms with Gasteiger partial charge in [-0.25, -0.2) is 15.2 Å². The third kappa shape index (κ3) is 5.15. The average Bonchev–Trinajstić information content (AvgIpc) is 3.20. The highest BCUT2D eigenvalue weighted by Crippen LogP contribution is 2.24. The lowest BCUT2D eigenvalue weighted by molar-refractivity contribution is -0.127. The molecule has 3 atom stereocenters. The molecule has 34 heavy (non-hydrogen) atoms. The molecule has 1 aromatic heterocycles. The smallest absolute Gasteiger partial charge is 0.325 e. The molecule has 1 saturated heterocycles. The van der Waals surface area contributed by atoms with Crippen molar-refractivity contribution in [3.63, 3.8) is 0 Å². The molecule has 1 fully saturated rings. The summed E-state index contributed by atoms with van der Waals surface area (Å²) >= 11 is 0. The quantitative estimate of drug-likeness (QED) is 0.383. The second-order valence-corrected chi connectivity index (χ2v) is 7.99. The molecule has 3 N–H and O–H groups in total. The van der Waals surface area contributed by atoms with Crippen molar-refractivity contribution in [1.82, 2.24) is 25.5 Å². The van der Waals surface area contributed by atoms with Crippen LogP contribution >= 0.6 is 0 Å². The number of benzene rings is 1. The van der Waals surface area contributed by atoms with Crippen molar-refractivity contribution in [1.29, 1.82) is 0 Å². The molecule has 0 saturated carbocycles. The lowest BCUT2D eigenvalue weighted by Crippen LogP contribution is -2.64. The number of urea groups is 1. The number of aliphatic hydroxyl groups is 1. The number of guanidine groups is 1. The van der Waals surface area contributed by atoms with E-state index < -0.39 is 30.2 Å². The van der Waals surface area contributed by atoms with Gasteiger partial charge in [0, 0.05) is 19.4 Å². The summed E-state index contributed by atoms with van der Waals surface area (Å²) in [6.45, 7) is 2.12. The maximum absolute atomic E-state index is 12.7. The van der Waals surface area contributed by atoms with Crippen LogP contribution in [0.5, 0.6) is 5.75 Å². The van der Waals surface area contributed by atoms with Gasteiger partial charge in [-0.15, -0.1) is 0 Å². The minimum atomic E-state index is -0.934. The molecule has 0 spiro atoms. The number of amides is 3. The van der Waals surface area contributed by atoms with E-state index in [4.69, 9.17) is 4.74 Å². The number of hydrogen-bond acceptors (Lipinski definition) is 9. The first-order valence-corrected chi connectivity index (χ1v) is 11.0. The highest BCUT2D eigenvalue weighted by molar-refractivity contribution is 6.03. The number of fused-ring (bicyclic) bond motifs is 1. The van der Waals surface area contributed by atoms with E-state index in [0.717, 1.165) is 17.5 Å². The normalized spacial score (nSPS) is 20.7. The van der Waals surface area contributed by atoms with Gasteiger partial charge < -0.3 is 19.6 Å². The highest BCUT2D eigenvalue weighted by atomic mass is 16.5. The van der Waals surface area contributed by atoms with Gasteiger partial charge in [0.25, 0.3) is 5.91 Å².